The summed E-state index contributed by atoms with van der Waals surface area (Å²) in [6, 6.07) is 7.48. The van der Waals surface area contributed by atoms with Crippen molar-refractivity contribution in [2.24, 2.45) is 5.73 Å². The molecule has 4 heteroatoms. The lowest BCUT2D eigenvalue weighted by Gasteiger charge is -1.99. The minimum Gasteiger partial charge on any atom is -0.366 e. The van der Waals surface area contributed by atoms with Gasteiger partial charge >= 0.3 is 0 Å². The molecule has 0 fully saturated rings. The van der Waals surface area contributed by atoms with Crippen LogP contribution >= 0.6 is 0 Å². The van der Waals surface area contributed by atoms with Crippen molar-refractivity contribution in [1.82, 2.24) is 4.98 Å². The molecule has 1 amide bonds. The van der Waals surface area contributed by atoms with E-state index in [-0.39, 0.29) is 0 Å². The van der Waals surface area contributed by atoms with Crippen molar-refractivity contribution in [3.8, 4) is 0 Å². The second-order valence-electron chi connectivity index (χ2n) is 2.91. The molecule has 0 saturated heterocycles. The van der Waals surface area contributed by atoms with Gasteiger partial charge in [0.1, 0.15) is 0 Å². The Morgan fingerprint density at radius 1 is 1.29 bits per heavy atom. The largest absolute Gasteiger partial charge is 0.366 e. The summed E-state index contributed by atoms with van der Waals surface area (Å²) >= 11 is 0. The molecule has 2 N–H and O–H groups in total. The molecule has 0 spiro atoms. The van der Waals surface area contributed by atoms with Crippen LogP contribution in [0.4, 0.5) is 4.39 Å². The van der Waals surface area contributed by atoms with Crippen molar-refractivity contribution in [2.45, 2.75) is 0 Å². The number of benzene rings is 1. The molecule has 0 saturated carbocycles. The molecular formula is C10H7FN2O. The van der Waals surface area contributed by atoms with Gasteiger partial charge in [-0.25, -0.2) is 4.98 Å². The predicted molar refractivity (Wildman–Crippen MR) is 50.2 cm³/mol. The molecule has 14 heavy (non-hydrogen) atoms. The molecule has 0 aliphatic heterocycles. The van der Waals surface area contributed by atoms with Gasteiger partial charge in [0.25, 0.3) is 0 Å². The molecule has 0 aliphatic carbocycles. The van der Waals surface area contributed by atoms with Crippen molar-refractivity contribution < 1.29 is 9.18 Å². The molecule has 2 rings (SSSR count). The molecule has 1 aromatic carbocycles. The van der Waals surface area contributed by atoms with Crippen molar-refractivity contribution >= 4 is 16.8 Å². The highest BCUT2D eigenvalue weighted by Gasteiger charge is 2.02. The number of pyridine rings is 1. The van der Waals surface area contributed by atoms with Gasteiger partial charge in [-0.15, -0.1) is 0 Å². The summed E-state index contributed by atoms with van der Waals surface area (Å²) < 4.78 is 12.7. The number of hydrogen-bond donors (Lipinski definition) is 1. The Bertz CT molecular complexity index is 510. The standard InChI is InChI=1S/C10H7FN2O/c11-9-4-2-6-5-7(10(12)14)1-3-8(6)13-9/h1-5H,(H2,12,14). The Labute approximate surface area is 79.4 Å². The van der Waals surface area contributed by atoms with E-state index in [1.165, 1.54) is 12.1 Å². The smallest absolute Gasteiger partial charge is 0.248 e. The summed E-state index contributed by atoms with van der Waals surface area (Å²) in [5.74, 6) is -1.04. The molecule has 0 unspecified atom stereocenters. The Kier molecular flexibility index (Phi) is 1.89. The molecule has 0 radical (unpaired) electrons. The SMILES string of the molecule is NC(=O)c1ccc2nc(F)ccc2c1. The number of nitrogens with zero attached hydrogens (tertiary/aromatic N) is 1. The molecule has 2 aromatic rings. The average Bonchev–Trinajstić information content (AvgIpc) is 2.16. The monoisotopic (exact) mass is 190 g/mol. The van der Waals surface area contributed by atoms with Crippen LogP contribution in [-0.2, 0) is 0 Å². The Hall–Kier alpha value is -1.97. The van der Waals surface area contributed by atoms with Crippen LogP contribution in [0.3, 0.4) is 0 Å². The van der Waals surface area contributed by atoms with E-state index < -0.39 is 11.9 Å². The van der Waals surface area contributed by atoms with Crippen LogP contribution in [0.25, 0.3) is 10.9 Å². The molecule has 0 aliphatic rings. The second kappa shape index (κ2) is 3.06. The van der Waals surface area contributed by atoms with E-state index >= 15 is 0 Å². The molecule has 1 aromatic heterocycles. The number of fused-ring (bicyclic) bond motifs is 1. The van der Waals surface area contributed by atoms with Gasteiger partial charge in [-0.3, -0.25) is 4.79 Å². The van der Waals surface area contributed by atoms with Gasteiger partial charge < -0.3 is 5.73 Å². The highest BCUT2D eigenvalue weighted by atomic mass is 19.1. The lowest BCUT2D eigenvalue weighted by Crippen LogP contribution is -2.10. The molecule has 0 atom stereocenters. The average molecular weight is 190 g/mol. The normalized spacial score (nSPS) is 10.4. The fraction of sp³-hybridized carbons (Fsp3) is 0. The Balaban J connectivity index is 2.67. The van der Waals surface area contributed by atoms with E-state index in [0.29, 0.717) is 16.5 Å². The lowest BCUT2D eigenvalue weighted by molar-refractivity contribution is 0.100. The highest BCUT2D eigenvalue weighted by Crippen LogP contribution is 2.13. The minimum absolute atomic E-state index is 0.394. The topological polar surface area (TPSA) is 56.0 Å². The van der Waals surface area contributed by atoms with Crippen LogP contribution in [0.1, 0.15) is 10.4 Å². The number of hydrogen-bond acceptors (Lipinski definition) is 2. The van der Waals surface area contributed by atoms with Crippen molar-refractivity contribution in [2.75, 3.05) is 0 Å². The van der Waals surface area contributed by atoms with Crippen LogP contribution in [0.15, 0.2) is 30.3 Å². The third-order valence-electron chi connectivity index (χ3n) is 1.94. The zero-order valence-electron chi connectivity index (χ0n) is 7.20. The zero-order chi connectivity index (χ0) is 10.1. The van der Waals surface area contributed by atoms with Gasteiger partial charge in [-0.1, -0.05) is 0 Å². The molecule has 3 nitrogen and oxygen atoms in total. The van der Waals surface area contributed by atoms with Gasteiger partial charge in [0.2, 0.25) is 11.9 Å². The number of carbonyl (C=O) groups is 1. The van der Waals surface area contributed by atoms with Gasteiger partial charge in [0.15, 0.2) is 0 Å². The summed E-state index contributed by atoms with van der Waals surface area (Å²) in [7, 11) is 0. The van der Waals surface area contributed by atoms with Crippen molar-refractivity contribution in [3.63, 3.8) is 0 Å². The first-order valence-electron chi connectivity index (χ1n) is 4.03. The molecule has 0 bridgehead atoms. The van der Waals surface area contributed by atoms with Crippen LogP contribution < -0.4 is 5.73 Å². The highest BCUT2D eigenvalue weighted by molar-refractivity contribution is 5.96. The van der Waals surface area contributed by atoms with E-state index in [1.54, 1.807) is 18.2 Å². The maximum Gasteiger partial charge on any atom is 0.248 e. The second-order valence-corrected chi connectivity index (χ2v) is 2.91. The fourth-order valence-electron chi connectivity index (χ4n) is 1.25. The third kappa shape index (κ3) is 1.42. The van der Waals surface area contributed by atoms with Crippen LogP contribution in [0.2, 0.25) is 0 Å². The zero-order valence-corrected chi connectivity index (χ0v) is 7.20. The summed E-state index contributed by atoms with van der Waals surface area (Å²) in [5, 5.41) is 0.697. The number of amides is 1. The van der Waals surface area contributed by atoms with Crippen molar-refractivity contribution in [3.05, 3.63) is 41.8 Å². The first-order valence-corrected chi connectivity index (χ1v) is 4.03. The first kappa shape index (κ1) is 8.62. The number of primary amides is 1. The van der Waals surface area contributed by atoms with Crippen LogP contribution in [0, 0.1) is 5.95 Å². The Morgan fingerprint density at radius 3 is 2.79 bits per heavy atom. The Morgan fingerprint density at radius 2 is 2.07 bits per heavy atom. The number of carbonyl (C=O) groups excluding carboxylic acids is 1. The van der Waals surface area contributed by atoms with E-state index in [1.807, 2.05) is 0 Å². The van der Waals surface area contributed by atoms with Gasteiger partial charge in [0.05, 0.1) is 5.52 Å². The van der Waals surface area contributed by atoms with Crippen LogP contribution in [-0.4, -0.2) is 10.9 Å². The summed E-state index contributed by atoms with van der Waals surface area (Å²) in [6.07, 6.45) is 0. The molecular weight excluding hydrogens is 183 g/mol. The fourth-order valence-corrected chi connectivity index (χ4v) is 1.25. The van der Waals surface area contributed by atoms with Gasteiger partial charge in [-0.05, 0) is 30.3 Å². The number of halogens is 1. The van der Waals surface area contributed by atoms with Gasteiger partial charge in [0, 0.05) is 10.9 Å². The van der Waals surface area contributed by atoms with E-state index in [4.69, 9.17) is 5.73 Å². The molecule has 1 heterocycles. The van der Waals surface area contributed by atoms with E-state index in [0.717, 1.165) is 0 Å². The quantitative estimate of drug-likeness (QED) is 0.692. The van der Waals surface area contributed by atoms with Gasteiger partial charge in [-0.2, -0.15) is 4.39 Å². The maximum absolute atomic E-state index is 12.7. The number of nitrogens with two attached hydrogens (primary N) is 1. The minimum atomic E-state index is -0.538. The predicted octanol–water partition coefficient (Wildman–Crippen LogP) is 1.47. The van der Waals surface area contributed by atoms with E-state index in [2.05, 4.69) is 4.98 Å². The lowest BCUT2D eigenvalue weighted by atomic mass is 10.1. The maximum atomic E-state index is 12.7. The van der Waals surface area contributed by atoms with Crippen molar-refractivity contribution in [1.29, 1.82) is 0 Å². The number of aromatic nitrogens is 1. The summed E-state index contributed by atoms with van der Waals surface area (Å²) in [4.78, 5) is 14.5. The summed E-state index contributed by atoms with van der Waals surface area (Å²) in [5.41, 5.74) is 6.00. The summed E-state index contributed by atoms with van der Waals surface area (Å²) in [6.45, 7) is 0. The third-order valence-corrected chi connectivity index (χ3v) is 1.94. The van der Waals surface area contributed by atoms with Crippen LogP contribution in [0.5, 0.6) is 0 Å². The first-order chi connectivity index (χ1) is 6.66. The molecule has 70 valence electrons. The number of rotatable bonds is 1. The van der Waals surface area contributed by atoms with E-state index in [9.17, 15) is 9.18 Å².